The van der Waals surface area contributed by atoms with Crippen molar-refractivity contribution in [3.05, 3.63) is 78.2 Å². The van der Waals surface area contributed by atoms with Gasteiger partial charge in [-0.2, -0.15) is 0 Å². The molecule has 0 fully saturated rings. The van der Waals surface area contributed by atoms with E-state index >= 15 is 0 Å². The molecule has 3 rings (SSSR count). The number of rotatable bonds is 6. The predicted octanol–water partition coefficient (Wildman–Crippen LogP) is 1.70. The molecular weight excluding hydrogens is 349 g/mol. The maximum absolute atomic E-state index is 12.2. The van der Waals surface area contributed by atoms with Crippen molar-refractivity contribution >= 4 is 35.9 Å². The lowest BCUT2D eigenvalue weighted by molar-refractivity contribution is 0.102. The fourth-order valence-electron chi connectivity index (χ4n) is 2.31. The van der Waals surface area contributed by atoms with E-state index in [0.717, 1.165) is 10.6 Å². The Morgan fingerprint density at radius 1 is 1.08 bits per heavy atom. The molecule has 1 amide bonds. The van der Waals surface area contributed by atoms with Crippen molar-refractivity contribution in [3.8, 4) is 0 Å². The molecule has 26 heavy (non-hydrogen) atoms. The lowest BCUT2D eigenvalue weighted by atomic mass is 9.77. The Hall–Kier alpha value is -2.68. The van der Waals surface area contributed by atoms with E-state index < -0.39 is 7.12 Å². The molecule has 2 heterocycles. The van der Waals surface area contributed by atoms with Gasteiger partial charge in [-0.05, 0) is 35.3 Å². The molecular formula is C18H16BN3O3S. The second kappa shape index (κ2) is 8.62. The summed E-state index contributed by atoms with van der Waals surface area (Å²) in [5.41, 5.74) is 2.43. The number of nitrogens with one attached hydrogen (secondary N) is 1. The highest BCUT2D eigenvalue weighted by molar-refractivity contribution is 7.98. The van der Waals surface area contributed by atoms with E-state index in [1.807, 2.05) is 12.1 Å². The molecule has 1 aromatic carbocycles. The number of carbonyl (C=O) groups excluding carboxylic acids is 1. The fourth-order valence-corrected chi connectivity index (χ4v) is 3.17. The zero-order valence-corrected chi connectivity index (χ0v) is 14.6. The monoisotopic (exact) mass is 365 g/mol. The zero-order valence-electron chi connectivity index (χ0n) is 13.7. The van der Waals surface area contributed by atoms with Crippen LogP contribution in [-0.2, 0) is 5.75 Å². The number of thioether (sulfide) groups is 1. The third kappa shape index (κ3) is 4.69. The van der Waals surface area contributed by atoms with Crippen LogP contribution < -0.4 is 10.8 Å². The number of nitrogens with zero attached hydrogens (tertiary/aromatic N) is 2. The lowest BCUT2D eigenvalue weighted by Crippen LogP contribution is -2.32. The van der Waals surface area contributed by atoms with Crippen LogP contribution in [-0.4, -0.2) is 33.0 Å². The molecule has 0 saturated carbocycles. The molecule has 0 unspecified atom stereocenters. The average molecular weight is 365 g/mol. The first-order valence-electron chi connectivity index (χ1n) is 7.87. The zero-order chi connectivity index (χ0) is 18.4. The van der Waals surface area contributed by atoms with Crippen LogP contribution in [0, 0.1) is 0 Å². The van der Waals surface area contributed by atoms with Crippen molar-refractivity contribution in [1.29, 1.82) is 0 Å². The third-order valence-electron chi connectivity index (χ3n) is 3.65. The third-order valence-corrected chi connectivity index (χ3v) is 4.64. The van der Waals surface area contributed by atoms with Crippen LogP contribution in [0.15, 0.2) is 72.1 Å². The summed E-state index contributed by atoms with van der Waals surface area (Å²) in [5, 5.41) is 22.3. The van der Waals surface area contributed by atoms with E-state index in [0.29, 0.717) is 22.5 Å². The van der Waals surface area contributed by atoms with E-state index in [1.54, 1.807) is 48.8 Å². The van der Waals surface area contributed by atoms with Crippen LogP contribution >= 0.6 is 11.8 Å². The Bertz CT molecular complexity index is 876. The maximum Gasteiger partial charge on any atom is 0.488 e. The molecule has 0 radical (unpaired) electrons. The van der Waals surface area contributed by atoms with Gasteiger partial charge in [0, 0.05) is 30.0 Å². The van der Waals surface area contributed by atoms with E-state index in [4.69, 9.17) is 0 Å². The van der Waals surface area contributed by atoms with Crippen LogP contribution in [0.1, 0.15) is 15.9 Å². The molecule has 6 nitrogen and oxygen atoms in total. The highest BCUT2D eigenvalue weighted by atomic mass is 32.2. The fraction of sp³-hybridized carbons (Fsp3) is 0.0556. The molecule has 0 bridgehead atoms. The summed E-state index contributed by atoms with van der Waals surface area (Å²) in [6.45, 7) is 0. The van der Waals surface area contributed by atoms with E-state index in [9.17, 15) is 14.8 Å². The summed E-state index contributed by atoms with van der Waals surface area (Å²) >= 11 is 1.46. The Morgan fingerprint density at radius 3 is 2.54 bits per heavy atom. The predicted molar refractivity (Wildman–Crippen MR) is 102 cm³/mol. The molecule has 130 valence electrons. The smallest absolute Gasteiger partial charge is 0.423 e. The number of hydrogen-bond donors (Lipinski definition) is 3. The van der Waals surface area contributed by atoms with Crippen LogP contribution in [0.4, 0.5) is 5.69 Å². The Balaban J connectivity index is 1.62. The van der Waals surface area contributed by atoms with Gasteiger partial charge in [0.25, 0.3) is 5.91 Å². The first-order chi connectivity index (χ1) is 12.6. The molecule has 0 spiro atoms. The molecule has 3 aromatic rings. The summed E-state index contributed by atoms with van der Waals surface area (Å²) in [6, 6.07) is 14.0. The standard InChI is InChI=1S/C18H16BN3O3S/c23-18(22-15-7-9-20-10-8-15)13-5-6-17(21-11-13)26-12-14-3-1-2-4-16(14)19(24)25/h1-11,24-25H,12H2,(H,20,22,23). The molecule has 0 atom stereocenters. The summed E-state index contributed by atoms with van der Waals surface area (Å²) in [5.74, 6) is 0.303. The number of aromatic nitrogens is 2. The van der Waals surface area contributed by atoms with Gasteiger partial charge in [-0.25, -0.2) is 4.98 Å². The van der Waals surface area contributed by atoms with E-state index in [-0.39, 0.29) is 5.91 Å². The number of hydrogen-bond acceptors (Lipinski definition) is 6. The second-order valence-electron chi connectivity index (χ2n) is 5.44. The lowest BCUT2D eigenvalue weighted by Gasteiger charge is -2.08. The minimum absolute atomic E-state index is 0.242. The quantitative estimate of drug-likeness (QED) is 0.455. The van der Waals surface area contributed by atoms with Crippen LogP contribution in [0.25, 0.3) is 0 Å². The van der Waals surface area contributed by atoms with Crippen LogP contribution in [0.3, 0.4) is 0 Å². The van der Waals surface area contributed by atoms with Crippen LogP contribution in [0.5, 0.6) is 0 Å². The van der Waals surface area contributed by atoms with Gasteiger partial charge in [-0.1, -0.05) is 24.3 Å². The van der Waals surface area contributed by atoms with Gasteiger partial charge >= 0.3 is 7.12 Å². The number of carbonyl (C=O) groups is 1. The van der Waals surface area contributed by atoms with E-state index in [1.165, 1.54) is 18.0 Å². The van der Waals surface area contributed by atoms with Gasteiger partial charge in [-0.15, -0.1) is 11.8 Å². The topological polar surface area (TPSA) is 95.3 Å². The summed E-state index contributed by atoms with van der Waals surface area (Å²) < 4.78 is 0. The number of pyridine rings is 2. The van der Waals surface area contributed by atoms with Gasteiger partial charge in [0.15, 0.2) is 0 Å². The summed E-state index contributed by atoms with van der Waals surface area (Å²) in [6.07, 6.45) is 4.73. The highest BCUT2D eigenvalue weighted by Gasteiger charge is 2.15. The molecule has 0 aliphatic carbocycles. The molecule has 0 aliphatic rings. The van der Waals surface area contributed by atoms with Crippen molar-refractivity contribution in [2.24, 2.45) is 0 Å². The van der Waals surface area contributed by atoms with Gasteiger partial charge in [0.2, 0.25) is 0 Å². The molecule has 0 saturated heterocycles. The number of benzene rings is 1. The second-order valence-corrected chi connectivity index (χ2v) is 6.43. The molecule has 0 aliphatic heterocycles. The van der Waals surface area contributed by atoms with Gasteiger partial charge in [-0.3, -0.25) is 9.78 Å². The van der Waals surface area contributed by atoms with Crippen molar-refractivity contribution in [3.63, 3.8) is 0 Å². The first kappa shape index (κ1) is 18.1. The van der Waals surface area contributed by atoms with E-state index in [2.05, 4.69) is 15.3 Å². The minimum Gasteiger partial charge on any atom is -0.423 e. The normalized spacial score (nSPS) is 10.4. The van der Waals surface area contributed by atoms with Crippen molar-refractivity contribution in [1.82, 2.24) is 9.97 Å². The average Bonchev–Trinajstić information content (AvgIpc) is 2.67. The van der Waals surface area contributed by atoms with Crippen molar-refractivity contribution < 1.29 is 14.8 Å². The van der Waals surface area contributed by atoms with Gasteiger partial charge < -0.3 is 15.4 Å². The molecule has 2 aromatic heterocycles. The first-order valence-corrected chi connectivity index (χ1v) is 8.86. The van der Waals surface area contributed by atoms with Gasteiger partial charge in [0.1, 0.15) is 0 Å². The largest absolute Gasteiger partial charge is 0.488 e. The molecule has 8 heteroatoms. The minimum atomic E-state index is -1.50. The molecule has 3 N–H and O–H groups in total. The number of amides is 1. The summed E-state index contributed by atoms with van der Waals surface area (Å²) in [7, 11) is -1.50. The Labute approximate surface area is 155 Å². The Kier molecular flexibility index (Phi) is 6.01. The highest BCUT2D eigenvalue weighted by Crippen LogP contribution is 2.20. The van der Waals surface area contributed by atoms with Crippen molar-refractivity contribution in [2.45, 2.75) is 10.8 Å². The van der Waals surface area contributed by atoms with Crippen LogP contribution in [0.2, 0.25) is 0 Å². The summed E-state index contributed by atoms with van der Waals surface area (Å²) in [4.78, 5) is 20.4. The van der Waals surface area contributed by atoms with Gasteiger partial charge in [0.05, 0.1) is 10.6 Å². The van der Waals surface area contributed by atoms with Crippen molar-refractivity contribution in [2.75, 3.05) is 5.32 Å². The Morgan fingerprint density at radius 2 is 1.85 bits per heavy atom. The number of anilines is 1. The SMILES string of the molecule is O=C(Nc1ccncc1)c1ccc(SCc2ccccc2B(O)O)nc1. The maximum atomic E-state index is 12.2.